The topological polar surface area (TPSA) is 57.5 Å². The van der Waals surface area contributed by atoms with Crippen LogP contribution in [0.4, 0.5) is 13.2 Å². The van der Waals surface area contributed by atoms with Crippen molar-refractivity contribution < 1.29 is 28.2 Å². The van der Waals surface area contributed by atoms with Gasteiger partial charge in [-0.25, -0.2) is 4.79 Å². The summed E-state index contributed by atoms with van der Waals surface area (Å²) in [5, 5.41) is 17.1. The number of aliphatic carboxylic acids is 1. The molecule has 0 heterocycles. The molecule has 0 aromatic heterocycles. The van der Waals surface area contributed by atoms with Crippen LogP contribution in [0.3, 0.4) is 0 Å². The Hall–Kier alpha value is -1.04. The number of allylic oxidation sites excluding steroid dienone is 1. The van der Waals surface area contributed by atoms with E-state index >= 15 is 0 Å². The number of alkyl halides is 3. The van der Waals surface area contributed by atoms with E-state index in [2.05, 4.69) is 0 Å². The zero-order valence-electron chi connectivity index (χ0n) is 8.38. The Morgan fingerprint density at radius 3 is 2.13 bits per heavy atom. The van der Waals surface area contributed by atoms with Crippen molar-refractivity contribution in [1.82, 2.24) is 0 Å². The number of hydrogen-bond acceptors (Lipinski definition) is 2. The summed E-state index contributed by atoms with van der Waals surface area (Å²) in [5.74, 6) is -3.07. The second kappa shape index (κ2) is 5.16. The Labute approximate surface area is 85.2 Å². The highest BCUT2D eigenvalue weighted by Gasteiger charge is 2.39. The molecule has 2 N–H and O–H groups in total. The van der Waals surface area contributed by atoms with Gasteiger partial charge in [0, 0.05) is 6.61 Å². The fourth-order valence-corrected chi connectivity index (χ4v) is 0.880. The van der Waals surface area contributed by atoms with E-state index in [0.29, 0.717) is 6.08 Å². The van der Waals surface area contributed by atoms with Crippen LogP contribution < -0.4 is 0 Å². The van der Waals surface area contributed by atoms with Crippen molar-refractivity contribution >= 4 is 5.97 Å². The normalized spacial score (nSPS) is 17.3. The third-order valence-corrected chi connectivity index (χ3v) is 2.15. The van der Waals surface area contributed by atoms with E-state index in [9.17, 15) is 18.0 Å². The van der Waals surface area contributed by atoms with Gasteiger partial charge >= 0.3 is 12.1 Å². The molecule has 0 rings (SSSR count). The molecule has 15 heavy (non-hydrogen) atoms. The first kappa shape index (κ1) is 14.0. The van der Waals surface area contributed by atoms with Crippen molar-refractivity contribution in [2.45, 2.75) is 20.0 Å². The lowest BCUT2D eigenvalue weighted by Crippen LogP contribution is -2.22. The largest absolute Gasteiger partial charge is 0.478 e. The molecule has 0 aliphatic rings. The van der Waals surface area contributed by atoms with Crippen molar-refractivity contribution in [2.24, 2.45) is 11.8 Å². The van der Waals surface area contributed by atoms with Crippen molar-refractivity contribution in [3.63, 3.8) is 0 Å². The minimum atomic E-state index is -4.87. The van der Waals surface area contributed by atoms with Crippen molar-refractivity contribution in [2.75, 3.05) is 6.61 Å². The van der Waals surface area contributed by atoms with E-state index in [-0.39, 0.29) is 6.61 Å². The predicted molar refractivity (Wildman–Crippen MR) is 47.2 cm³/mol. The molecular weight excluding hydrogens is 213 g/mol. The molecule has 0 aromatic carbocycles. The number of carbonyl (C=O) groups is 1. The predicted octanol–water partition coefficient (Wildman–Crippen LogP) is 1.82. The van der Waals surface area contributed by atoms with Crippen LogP contribution in [0.5, 0.6) is 0 Å². The SMILES string of the molecule is CC(/C=C(/C(=O)O)C(F)(F)F)C(C)CO. The van der Waals surface area contributed by atoms with Gasteiger partial charge in [-0.2, -0.15) is 13.2 Å². The van der Waals surface area contributed by atoms with Crippen LogP contribution in [-0.2, 0) is 4.79 Å². The minimum absolute atomic E-state index is 0.289. The third-order valence-electron chi connectivity index (χ3n) is 2.15. The molecule has 2 unspecified atom stereocenters. The minimum Gasteiger partial charge on any atom is -0.478 e. The molecule has 0 radical (unpaired) electrons. The first-order valence-corrected chi connectivity index (χ1v) is 4.33. The molecule has 2 atom stereocenters. The fourth-order valence-electron chi connectivity index (χ4n) is 0.880. The molecule has 0 aliphatic heterocycles. The van der Waals surface area contributed by atoms with Crippen molar-refractivity contribution in [1.29, 1.82) is 0 Å². The first-order chi connectivity index (χ1) is 6.70. The average molecular weight is 226 g/mol. The summed E-state index contributed by atoms with van der Waals surface area (Å²) in [5.41, 5.74) is -1.59. The Balaban J connectivity index is 4.94. The number of rotatable bonds is 4. The number of halogens is 3. The maximum Gasteiger partial charge on any atom is 0.423 e. The number of aliphatic hydroxyl groups is 1. The zero-order chi connectivity index (χ0) is 12.2. The molecule has 0 bridgehead atoms. The highest BCUT2D eigenvalue weighted by molar-refractivity contribution is 5.88. The summed E-state index contributed by atoms with van der Waals surface area (Å²) < 4.78 is 36.6. The van der Waals surface area contributed by atoms with Crippen LogP contribution in [0, 0.1) is 11.8 Å². The second-order valence-corrected chi connectivity index (χ2v) is 3.40. The van der Waals surface area contributed by atoms with Gasteiger partial charge in [-0.05, 0) is 11.8 Å². The zero-order valence-corrected chi connectivity index (χ0v) is 8.38. The second-order valence-electron chi connectivity index (χ2n) is 3.40. The lowest BCUT2D eigenvalue weighted by atomic mass is 9.94. The fraction of sp³-hybridized carbons (Fsp3) is 0.667. The van der Waals surface area contributed by atoms with Gasteiger partial charge in [-0.1, -0.05) is 19.9 Å². The standard InChI is InChI=1S/C9H13F3O3/c1-5(6(2)4-13)3-7(8(14)15)9(10,11)12/h3,5-6,13H,4H2,1-2H3,(H,14,15)/b7-3-. The molecule has 0 aromatic rings. The third kappa shape index (κ3) is 4.33. The summed E-state index contributed by atoms with van der Waals surface area (Å²) in [7, 11) is 0. The van der Waals surface area contributed by atoms with E-state index in [1.807, 2.05) is 0 Å². The van der Waals surface area contributed by atoms with Gasteiger partial charge in [-0.15, -0.1) is 0 Å². The van der Waals surface area contributed by atoms with Gasteiger partial charge in [-0.3, -0.25) is 0 Å². The highest BCUT2D eigenvalue weighted by atomic mass is 19.4. The summed E-state index contributed by atoms with van der Waals surface area (Å²) in [6, 6.07) is 0. The van der Waals surface area contributed by atoms with Crippen molar-refractivity contribution in [3.05, 3.63) is 11.6 Å². The van der Waals surface area contributed by atoms with E-state index in [4.69, 9.17) is 10.2 Å². The van der Waals surface area contributed by atoms with E-state index in [0.717, 1.165) is 0 Å². The highest BCUT2D eigenvalue weighted by Crippen LogP contribution is 2.28. The van der Waals surface area contributed by atoms with Gasteiger partial charge in [0.05, 0.1) is 0 Å². The summed E-state index contributed by atoms with van der Waals surface area (Å²) >= 11 is 0. The molecule has 3 nitrogen and oxygen atoms in total. The van der Waals surface area contributed by atoms with Crippen LogP contribution >= 0.6 is 0 Å². The number of hydrogen-bond donors (Lipinski definition) is 2. The quantitative estimate of drug-likeness (QED) is 0.719. The Kier molecular flexibility index (Phi) is 4.80. The van der Waals surface area contributed by atoms with Crippen molar-refractivity contribution in [3.8, 4) is 0 Å². The number of carboxylic acids is 1. The van der Waals surface area contributed by atoms with E-state index < -0.39 is 29.6 Å². The summed E-state index contributed by atoms with van der Waals surface area (Å²) in [6.07, 6.45) is -4.24. The number of carboxylic acid groups (broad SMARTS) is 1. The van der Waals surface area contributed by atoms with Gasteiger partial charge in [0.25, 0.3) is 0 Å². The maximum absolute atomic E-state index is 12.2. The molecule has 6 heteroatoms. The Morgan fingerprint density at radius 2 is 1.87 bits per heavy atom. The van der Waals surface area contributed by atoms with Crippen LogP contribution in [0.25, 0.3) is 0 Å². The molecule has 0 saturated carbocycles. The molecule has 0 fully saturated rings. The summed E-state index contributed by atoms with van der Waals surface area (Å²) in [6.45, 7) is 2.68. The van der Waals surface area contributed by atoms with Gasteiger partial charge in [0.15, 0.2) is 0 Å². The Morgan fingerprint density at radius 1 is 1.40 bits per heavy atom. The van der Waals surface area contributed by atoms with Crippen LogP contribution in [-0.4, -0.2) is 29.0 Å². The first-order valence-electron chi connectivity index (χ1n) is 4.33. The maximum atomic E-state index is 12.2. The van der Waals surface area contributed by atoms with Gasteiger partial charge < -0.3 is 10.2 Å². The lowest BCUT2D eigenvalue weighted by Gasteiger charge is -2.15. The molecular formula is C9H13F3O3. The van der Waals surface area contributed by atoms with E-state index in [1.54, 1.807) is 0 Å². The van der Waals surface area contributed by atoms with Crippen LogP contribution in [0.2, 0.25) is 0 Å². The van der Waals surface area contributed by atoms with Gasteiger partial charge in [0.2, 0.25) is 0 Å². The molecule has 0 spiro atoms. The monoisotopic (exact) mass is 226 g/mol. The van der Waals surface area contributed by atoms with Crippen LogP contribution in [0.15, 0.2) is 11.6 Å². The molecule has 88 valence electrons. The lowest BCUT2D eigenvalue weighted by molar-refractivity contribution is -0.145. The van der Waals surface area contributed by atoms with Gasteiger partial charge in [0.1, 0.15) is 5.57 Å². The molecule has 0 amide bonds. The summed E-state index contributed by atoms with van der Waals surface area (Å²) in [4.78, 5) is 10.3. The Bertz CT molecular complexity index is 258. The van der Waals surface area contributed by atoms with E-state index in [1.165, 1.54) is 13.8 Å². The smallest absolute Gasteiger partial charge is 0.423 e. The van der Waals surface area contributed by atoms with Crippen LogP contribution in [0.1, 0.15) is 13.8 Å². The average Bonchev–Trinajstić information content (AvgIpc) is 2.09. The number of aliphatic hydroxyl groups excluding tert-OH is 1. The molecule has 0 saturated heterocycles. The molecule has 0 aliphatic carbocycles.